The summed E-state index contributed by atoms with van der Waals surface area (Å²) in [7, 11) is 1.51. The predicted molar refractivity (Wildman–Crippen MR) is 61.3 cm³/mol. The molecule has 0 aliphatic rings. The number of aliphatic carboxylic acids is 1. The van der Waals surface area contributed by atoms with E-state index in [0.29, 0.717) is 15.8 Å². The topological polar surface area (TPSA) is 92.8 Å². The van der Waals surface area contributed by atoms with Gasteiger partial charge in [-0.15, -0.1) is 0 Å². The van der Waals surface area contributed by atoms with Crippen LogP contribution >= 0.6 is 15.9 Å². The third-order valence-corrected chi connectivity index (χ3v) is 2.76. The summed E-state index contributed by atoms with van der Waals surface area (Å²) in [6, 6.07) is 3.42. The number of aliphatic hydroxyl groups excluding tert-OH is 1. The molecule has 1 rings (SSSR count). The standard InChI is InChI=1S/C10H12BrNO4/c1-16-7-3-2-5(4-6(7)11)9(13)8(12)10(14)15/h2-4,8-9,13H,12H2,1H3,(H,14,15). The van der Waals surface area contributed by atoms with Crippen LogP contribution in [0.5, 0.6) is 5.75 Å². The fourth-order valence-electron chi connectivity index (χ4n) is 1.21. The molecule has 0 saturated carbocycles. The Hall–Kier alpha value is -1.11. The van der Waals surface area contributed by atoms with E-state index < -0.39 is 18.1 Å². The van der Waals surface area contributed by atoms with Gasteiger partial charge >= 0.3 is 5.97 Å². The minimum atomic E-state index is -1.35. The van der Waals surface area contributed by atoms with Crippen molar-refractivity contribution in [3.8, 4) is 5.75 Å². The SMILES string of the molecule is COc1ccc(C(O)C(N)C(=O)O)cc1Br. The van der Waals surface area contributed by atoms with E-state index in [1.54, 1.807) is 18.2 Å². The van der Waals surface area contributed by atoms with Crippen molar-refractivity contribution in [2.24, 2.45) is 5.73 Å². The highest BCUT2D eigenvalue weighted by molar-refractivity contribution is 9.10. The molecule has 0 heterocycles. The van der Waals surface area contributed by atoms with Crippen molar-refractivity contribution in [1.29, 1.82) is 0 Å². The fraction of sp³-hybridized carbons (Fsp3) is 0.300. The number of ether oxygens (including phenoxy) is 1. The third-order valence-electron chi connectivity index (χ3n) is 2.14. The normalized spacial score (nSPS) is 14.2. The minimum Gasteiger partial charge on any atom is -0.496 e. The number of nitrogens with two attached hydrogens (primary N) is 1. The maximum absolute atomic E-state index is 10.6. The van der Waals surface area contributed by atoms with Crippen LogP contribution < -0.4 is 10.5 Å². The van der Waals surface area contributed by atoms with Gasteiger partial charge in [0.15, 0.2) is 0 Å². The molecule has 2 atom stereocenters. The van der Waals surface area contributed by atoms with Crippen molar-refractivity contribution in [2.45, 2.75) is 12.1 Å². The summed E-state index contributed by atoms with van der Waals surface area (Å²) in [4.78, 5) is 10.6. The van der Waals surface area contributed by atoms with Crippen LogP contribution in [-0.4, -0.2) is 29.3 Å². The molecule has 0 aliphatic heterocycles. The van der Waals surface area contributed by atoms with Crippen LogP contribution in [0.15, 0.2) is 22.7 Å². The van der Waals surface area contributed by atoms with Gasteiger partial charge in [0.1, 0.15) is 17.9 Å². The Labute approximate surface area is 101 Å². The molecule has 0 amide bonds. The first kappa shape index (κ1) is 13.0. The highest BCUT2D eigenvalue weighted by Gasteiger charge is 2.23. The molecule has 5 nitrogen and oxygen atoms in total. The van der Waals surface area contributed by atoms with E-state index >= 15 is 0 Å². The molecule has 1 aromatic carbocycles. The van der Waals surface area contributed by atoms with E-state index in [0.717, 1.165) is 0 Å². The number of carbonyl (C=O) groups is 1. The zero-order valence-corrected chi connectivity index (χ0v) is 10.1. The Balaban J connectivity index is 2.97. The van der Waals surface area contributed by atoms with E-state index in [1.807, 2.05) is 0 Å². The number of rotatable bonds is 4. The number of methoxy groups -OCH3 is 1. The number of halogens is 1. The molecule has 2 unspecified atom stereocenters. The van der Waals surface area contributed by atoms with E-state index in [4.69, 9.17) is 15.6 Å². The van der Waals surface area contributed by atoms with Crippen molar-refractivity contribution in [3.63, 3.8) is 0 Å². The van der Waals surface area contributed by atoms with E-state index in [9.17, 15) is 9.90 Å². The number of carboxylic acid groups (broad SMARTS) is 1. The summed E-state index contributed by atoms with van der Waals surface area (Å²) in [6.07, 6.45) is -1.25. The summed E-state index contributed by atoms with van der Waals surface area (Å²) in [5.41, 5.74) is 5.74. The van der Waals surface area contributed by atoms with E-state index in [2.05, 4.69) is 15.9 Å². The summed E-state index contributed by atoms with van der Waals surface area (Å²) >= 11 is 3.24. The molecule has 1 aromatic rings. The predicted octanol–water partition coefficient (Wildman–Crippen LogP) is 0.903. The van der Waals surface area contributed by atoms with Gasteiger partial charge in [0.2, 0.25) is 0 Å². The number of hydrogen-bond donors (Lipinski definition) is 3. The lowest BCUT2D eigenvalue weighted by Crippen LogP contribution is -2.36. The van der Waals surface area contributed by atoms with Gasteiger partial charge < -0.3 is 20.7 Å². The first-order valence-electron chi connectivity index (χ1n) is 4.47. The Bertz CT molecular complexity index is 396. The second kappa shape index (κ2) is 5.29. The summed E-state index contributed by atoms with van der Waals surface area (Å²) in [5, 5.41) is 18.3. The summed E-state index contributed by atoms with van der Waals surface area (Å²) < 4.78 is 5.64. The van der Waals surface area contributed by atoms with Gasteiger partial charge in [-0.05, 0) is 33.6 Å². The molecule has 6 heteroatoms. The lowest BCUT2D eigenvalue weighted by molar-refractivity contribution is -0.141. The second-order valence-electron chi connectivity index (χ2n) is 3.20. The molecule has 0 saturated heterocycles. The zero-order chi connectivity index (χ0) is 12.3. The van der Waals surface area contributed by atoms with Crippen LogP contribution in [0.4, 0.5) is 0 Å². The Kier molecular flexibility index (Phi) is 4.28. The fourth-order valence-corrected chi connectivity index (χ4v) is 1.77. The molecular weight excluding hydrogens is 278 g/mol. The number of aliphatic hydroxyl groups is 1. The van der Waals surface area contributed by atoms with Crippen LogP contribution in [0.1, 0.15) is 11.7 Å². The Morgan fingerprint density at radius 2 is 2.19 bits per heavy atom. The second-order valence-corrected chi connectivity index (χ2v) is 4.06. The van der Waals surface area contributed by atoms with Gasteiger partial charge in [-0.2, -0.15) is 0 Å². The number of benzene rings is 1. The average molecular weight is 290 g/mol. The van der Waals surface area contributed by atoms with Crippen molar-refractivity contribution in [2.75, 3.05) is 7.11 Å². The number of hydrogen-bond acceptors (Lipinski definition) is 4. The third kappa shape index (κ3) is 2.72. The highest BCUT2D eigenvalue weighted by Crippen LogP contribution is 2.28. The maximum Gasteiger partial charge on any atom is 0.323 e. The van der Waals surface area contributed by atoms with Crippen molar-refractivity contribution in [1.82, 2.24) is 0 Å². The largest absolute Gasteiger partial charge is 0.496 e. The van der Waals surface area contributed by atoms with E-state index in [-0.39, 0.29) is 0 Å². The minimum absolute atomic E-state index is 0.419. The number of carboxylic acids is 1. The quantitative estimate of drug-likeness (QED) is 0.766. The van der Waals surface area contributed by atoms with Gasteiger partial charge in [0.25, 0.3) is 0 Å². The zero-order valence-electron chi connectivity index (χ0n) is 8.55. The van der Waals surface area contributed by atoms with Crippen molar-refractivity contribution in [3.05, 3.63) is 28.2 Å². The maximum atomic E-state index is 10.6. The monoisotopic (exact) mass is 289 g/mol. The average Bonchev–Trinajstić information content (AvgIpc) is 2.26. The Morgan fingerprint density at radius 1 is 1.56 bits per heavy atom. The van der Waals surface area contributed by atoms with Crippen molar-refractivity contribution >= 4 is 21.9 Å². The molecule has 16 heavy (non-hydrogen) atoms. The van der Waals surface area contributed by atoms with Gasteiger partial charge in [0, 0.05) is 0 Å². The van der Waals surface area contributed by atoms with Crippen molar-refractivity contribution < 1.29 is 19.7 Å². The first-order chi connectivity index (χ1) is 7.47. The molecule has 0 aliphatic carbocycles. The lowest BCUT2D eigenvalue weighted by atomic mass is 10.0. The first-order valence-corrected chi connectivity index (χ1v) is 5.26. The summed E-state index contributed by atoms with van der Waals surface area (Å²) in [5.74, 6) is -0.653. The molecule has 0 bridgehead atoms. The molecule has 0 aromatic heterocycles. The van der Waals surface area contributed by atoms with Gasteiger partial charge in [-0.1, -0.05) is 6.07 Å². The van der Waals surface area contributed by atoms with Crippen LogP contribution in [0.3, 0.4) is 0 Å². The van der Waals surface area contributed by atoms with Crippen LogP contribution in [0.2, 0.25) is 0 Å². The summed E-state index contributed by atoms with van der Waals surface area (Å²) in [6.45, 7) is 0. The van der Waals surface area contributed by atoms with Crippen LogP contribution in [0.25, 0.3) is 0 Å². The van der Waals surface area contributed by atoms with E-state index in [1.165, 1.54) is 7.11 Å². The van der Waals surface area contributed by atoms with Crippen LogP contribution in [0, 0.1) is 0 Å². The van der Waals surface area contributed by atoms with Crippen LogP contribution in [-0.2, 0) is 4.79 Å². The molecule has 0 fully saturated rings. The molecule has 0 radical (unpaired) electrons. The molecular formula is C10H12BrNO4. The highest BCUT2D eigenvalue weighted by atomic mass is 79.9. The van der Waals surface area contributed by atoms with Gasteiger partial charge in [-0.3, -0.25) is 4.79 Å². The molecule has 4 N–H and O–H groups in total. The van der Waals surface area contributed by atoms with Gasteiger partial charge in [-0.25, -0.2) is 0 Å². The lowest BCUT2D eigenvalue weighted by Gasteiger charge is -2.16. The smallest absolute Gasteiger partial charge is 0.323 e. The van der Waals surface area contributed by atoms with Gasteiger partial charge in [0.05, 0.1) is 11.6 Å². The molecule has 0 spiro atoms. The Morgan fingerprint density at radius 3 is 2.62 bits per heavy atom. The molecule has 88 valence electrons.